The standard InChI is InChI=1S/C17H20N6O4/c1-2-12-15(25)23(17(27)22-12)11-5-3-4-10(8-11)20-16(26)21-13(9-24)14-18-6-7-19-14/h3-8,12-13,24H,2,9H2,1H3,(H,18,19)(H,22,27)(H2,20,21,26). The lowest BCUT2D eigenvalue weighted by Gasteiger charge is -2.16. The summed E-state index contributed by atoms with van der Waals surface area (Å²) < 4.78 is 0. The molecule has 1 aliphatic rings. The number of aromatic amines is 1. The smallest absolute Gasteiger partial charge is 0.329 e. The van der Waals surface area contributed by atoms with Gasteiger partial charge in [0.15, 0.2) is 0 Å². The summed E-state index contributed by atoms with van der Waals surface area (Å²) in [4.78, 5) is 44.4. The largest absolute Gasteiger partial charge is 0.394 e. The highest BCUT2D eigenvalue weighted by Crippen LogP contribution is 2.24. The number of hydrogen-bond donors (Lipinski definition) is 5. The molecule has 1 aliphatic heterocycles. The predicted octanol–water partition coefficient (Wildman–Crippen LogP) is 1.10. The van der Waals surface area contributed by atoms with E-state index in [0.29, 0.717) is 23.6 Å². The molecule has 142 valence electrons. The van der Waals surface area contributed by atoms with Crippen molar-refractivity contribution in [2.75, 3.05) is 16.8 Å². The normalized spacial score (nSPS) is 17.6. The van der Waals surface area contributed by atoms with Crippen LogP contribution in [0.3, 0.4) is 0 Å². The summed E-state index contributed by atoms with van der Waals surface area (Å²) in [6, 6.07) is 4.09. The maximum atomic E-state index is 12.3. The minimum atomic E-state index is -0.695. The second kappa shape index (κ2) is 7.87. The van der Waals surface area contributed by atoms with Crippen molar-refractivity contribution < 1.29 is 19.5 Å². The summed E-state index contributed by atoms with van der Waals surface area (Å²) in [5, 5.41) is 17.2. The SMILES string of the molecule is CCC1NC(=O)N(c2cccc(NC(=O)NC(CO)c3ncc[nH]3)c2)C1=O. The molecule has 10 heteroatoms. The molecule has 0 spiro atoms. The molecule has 1 fully saturated rings. The van der Waals surface area contributed by atoms with Crippen molar-refractivity contribution in [3.63, 3.8) is 0 Å². The first-order chi connectivity index (χ1) is 13.0. The van der Waals surface area contributed by atoms with E-state index in [-0.39, 0.29) is 12.5 Å². The fraction of sp³-hybridized carbons (Fsp3) is 0.294. The highest BCUT2D eigenvalue weighted by molar-refractivity contribution is 6.21. The molecule has 0 saturated carbocycles. The molecular weight excluding hydrogens is 352 g/mol. The van der Waals surface area contributed by atoms with Crippen LogP contribution in [0, 0.1) is 0 Å². The monoisotopic (exact) mass is 372 g/mol. The van der Waals surface area contributed by atoms with Crippen molar-refractivity contribution in [3.8, 4) is 0 Å². The average molecular weight is 372 g/mol. The zero-order valence-corrected chi connectivity index (χ0v) is 14.6. The summed E-state index contributed by atoms with van der Waals surface area (Å²) in [6.45, 7) is 1.48. The highest BCUT2D eigenvalue weighted by Gasteiger charge is 2.37. The first-order valence-corrected chi connectivity index (χ1v) is 8.45. The third-order valence-corrected chi connectivity index (χ3v) is 4.13. The molecule has 2 unspecified atom stereocenters. The van der Waals surface area contributed by atoms with Gasteiger partial charge in [-0.15, -0.1) is 0 Å². The van der Waals surface area contributed by atoms with Crippen LogP contribution in [0.1, 0.15) is 25.2 Å². The van der Waals surface area contributed by atoms with Gasteiger partial charge in [-0.2, -0.15) is 0 Å². The van der Waals surface area contributed by atoms with Crippen molar-refractivity contribution in [2.45, 2.75) is 25.4 Å². The number of urea groups is 2. The zero-order valence-electron chi connectivity index (χ0n) is 14.6. The first kappa shape index (κ1) is 18.4. The number of carbonyl (C=O) groups is 3. The van der Waals surface area contributed by atoms with Crippen LogP contribution in [0.4, 0.5) is 21.0 Å². The molecule has 5 amide bonds. The van der Waals surface area contributed by atoms with E-state index in [4.69, 9.17) is 0 Å². The van der Waals surface area contributed by atoms with Crippen molar-refractivity contribution in [2.24, 2.45) is 0 Å². The molecule has 5 N–H and O–H groups in total. The van der Waals surface area contributed by atoms with Gasteiger partial charge < -0.3 is 26.0 Å². The van der Waals surface area contributed by atoms with Gasteiger partial charge in [0.2, 0.25) is 0 Å². The van der Waals surface area contributed by atoms with Crippen LogP contribution in [0.2, 0.25) is 0 Å². The molecule has 27 heavy (non-hydrogen) atoms. The minimum absolute atomic E-state index is 0.331. The number of aliphatic hydroxyl groups is 1. The molecule has 1 aromatic carbocycles. The average Bonchev–Trinajstić information content (AvgIpc) is 3.28. The van der Waals surface area contributed by atoms with E-state index >= 15 is 0 Å². The lowest BCUT2D eigenvalue weighted by atomic mass is 10.2. The predicted molar refractivity (Wildman–Crippen MR) is 97.1 cm³/mol. The Morgan fingerprint density at radius 3 is 2.85 bits per heavy atom. The van der Waals surface area contributed by atoms with Gasteiger partial charge in [-0.25, -0.2) is 19.5 Å². The van der Waals surface area contributed by atoms with Crippen LogP contribution in [-0.2, 0) is 4.79 Å². The number of hydrogen-bond acceptors (Lipinski definition) is 5. The van der Waals surface area contributed by atoms with Crippen molar-refractivity contribution in [1.29, 1.82) is 0 Å². The molecule has 2 atom stereocenters. The second-order valence-corrected chi connectivity index (χ2v) is 5.94. The number of imide groups is 1. The third-order valence-electron chi connectivity index (χ3n) is 4.13. The minimum Gasteiger partial charge on any atom is -0.394 e. The fourth-order valence-electron chi connectivity index (χ4n) is 2.77. The van der Waals surface area contributed by atoms with Gasteiger partial charge in [0.25, 0.3) is 5.91 Å². The van der Waals surface area contributed by atoms with Crippen molar-refractivity contribution in [1.82, 2.24) is 20.6 Å². The van der Waals surface area contributed by atoms with Gasteiger partial charge in [-0.05, 0) is 24.6 Å². The third kappa shape index (κ3) is 3.90. The Balaban J connectivity index is 1.70. The molecule has 10 nitrogen and oxygen atoms in total. The number of anilines is 2. The number of benzene rings is 1. The molecule has 2 aromatic rings. The van der Waals surface area contributed by atoms with Gasteiger partial charge in [0, 0.05) is 18.1 Å². The van der Waals surface area contributed by atoms with Crippen molar-refractivity contribution >= 4 is 29.3 Å². The van der Waals surface area contributed by atoms with Crippen LogP contribution < -0.4 is 20.9 Å². The van der Waals surface area contributed by atoms with Gasteiger partial charge in [-0.1, -0.05) is 13.0 Å². The molecule has 0 aliphatic carbocycles. The lowest BCUT2D eigenvalue weighted by molar-refractivity contribution is -0.118. The first-order valence-electron chi connectivity index (χ1n) is 8.45. The Morgan fingerprint density at radius 1 is 1.41 bits per heavy atom. The molecule has 2 heterocycles. The van der Waals surface area contributed by atoms with E-state index < -0.39 is 24.1 Å². The summed E-state index contributed by atoms with van der Waals surface area (Å²) in [5.74, 6) is 0.0913. The van der Waals surface area contributed by atoms with Gasteiger partial charge in [0.05, 0.1) is 12.3 Å². The number of nitrogens with one attached hydrogen (secondary N) is 4. The maximum absolute atomic E-state index is 12.3. The van der Waals surface area contributed by atoms with Crippen LogP contribution in [-0.4, -0.2) is 45.7 Å². The Kier molecular flexibility index (Phi) is 5.36. The molecule has 1 saturated heterocycles. The molecule has 0 bridgehead atoms. The number of aromatic nitrogens is 2. The summed E-state index contributed by atoms with van der Waals surface area (Å²) >= 11 is 0. The molecule has 1 aromatic heterocycles. The van der Waals surface area contributed by atoms with Gasteiger partial charge >= 0.3 is 12.1 Å². The van der Waals surface area contributed by atoms with E-state index in [9.17, 15) is 19.5 Å². The van der Waals surface area contributed by atoms with E-state index in [0.717, 1.165) is 4.90 Å². The van der Waals surface area contributed by atoms with Gasteiger partial charge in [-0.3, -0.25) is 4.79 Å². The van der Waals surface area contributed by atoms with E-state index in [2.05, 4.69) is 25.9 Å². The topological polar surface area (TPSA) is 139 Å². The molecular formula is C17H20N6O4. The van der Waals surface area contributed by atoms with Gasteiger partial charge in [0.1, 0.15) is 17.9 Å². The van der Waals surface area contributed by atoms with E-state index in [1.54, 1.807) is 24.4 Å². The van der Waals surface area contributed by atoms with E-state index in [1.807, 2.05) is 6.92 Å². The molecule has 0 radical (unpaired) electrons. The summed E-state index contributed by atoms with van der Waals surface area (Å²) in [7, 11) is 0. The number of nitrogens with zero attached hydrogens (tertiary/aromatic N) is 2. The highest BCUT2D eigenvalue weighted by atomic mass is 16.3. The number of amides is 5. The lowest BCUT2D eigenvalue weighted by Crippen LogP contribution is -2.35. The van der Waals surface area contributed by atoms with Crippen LogP contribution in [0.25, 0.3) is 0 Å². The Bertz CT molecular complexity index is 838. The maximum Gasteiger partial charge on any atom is 0.329 e. The molecule has 3 rings (SSSR count). The van der Waals surface area contributed by atoms with Crippen LogP contribution in [0.15, 0.2) is 36.7 Å². The summed E-state index contributed by atoms with van der Waals surface area (Å²) in [6.07, 6.45) is 3.60. The van der Waals surface area contributed by atoms with E-state index in [1.165, 1.54) is 12.3 Å². The van der Waals surface area contributed by atoms with Crippen LogP contribution in [0.5, 0.6) is 0 Å². The quantitative estimate of drug-likeness (QED) is 0.483. The number of imidazole rings is 1. The Labute approximate surface area is 155 Å². The Hall–Kier alpha value is -3.40. The van der Waals surface area contributed by atoms with Crippen LogP contribution >= 0.6 is 0 Å². The fourth-order valence-corrected chi connectivity index (χ4v) is 2.77. The second-order valence-electron chi connectivity index (χ2n) is 5.94. The number of rotatable bonds is 6. The van der Waals surface area contributed by atoms with Crippen molar-refractivity contribution in [3.05, 3.63) is 42.5 Å². The summed E-state index contributed by atoms with van der Waals surface area (Å²) in [5.41, 5.74) is 0.748. The number of aliphatic hydroxyl groups excluding tert-OH is 1. The zero-order chi connectivity index (χ0) is 19.4. The number of H-pyrrole nitrogens is 1. The Morgan fingerprint density at radius 2 is 2.22 bits per heavy atom. The number of carbonyl (C=O) groups excluding carboxylic acids is 3.